The molecule has 0 aromatic rings. The molecule has 0 aromatic carbocycles. The maximum absolute atomic E-state index is 5.30. The maximum Gasteiger partial charge on any atom is 0.0475 e. The van der Waals surface area contributed by atoms with E-state index in [1.165, 1.54) is 12.1 Å². The number of ether oxygens (including phenoxy) is 1. The first kappa shape index (κ1) is 7.10. The van der Waals surface area contributed by atoms with Gasteiger partial charge in [-0.15, -0.1) is 0 Å². The van der Waals surface area contributed by atoms with E-state index in [4.69, 9.17) is 10.6 Å². The van der Waals surface area contributed by atoms with Crippen LogP contribution in [0.3, 0.4) is 0 Å². The molecule has 1 saturated heterocycles. The van der Waals surface area contributed by atoms with Crippen molar-refractivity contribution in [1.29, 1.82) is 0 Å². The number of hydrogen-bond acceptors (Lipinski definition) is 3. The van der Waals surface area contributed by atoms with Gasteiger partial charge < -0.3 is 10.6 Å². The summed E-state index contributed by atoms with van der Waals surface area (Å²) in [5.74, 6) is 5.29. The Kier molecular flexibility index (Phi) is 1.60. The Morgan fingerprint density at radius 3 is 2.45 bits per heavy atom. The molecule has 2 rings (SSSR count). The van der Waals surface area contributed by atoms with Gasteiger partial charge in [0, 0.05) is 24.3 Å². The fraction of sp³-hybridized carbons (Fsp3) is 0.875. The smallest absolute Gasteiger partial charge is 0.0475 e. The summed E-state index contributed by atoms with van der Waals surface area (Å²) in [5, 5.41) is 3.83. The van der Waals surface area contributed by atoms with Crippen molar-refractivity contribution in [3.8, 4) is 0 Å². The SMILES string of the molecule is N/N=C1/CCC12CCOCC2. The standard InChI is InChI=1S/C8H14N2O/c9-10-7-1-2-8(7)3-5-11-6-4-8/h1-6,9H2/b10-7-. The van der Waals surface area contributed by atoms with E-state index in [1.54, 1.807) is 0 Å². The summed E-state index contributed by atoms with van der Waals surface area (Å²) in [5.41, 5.74) is 1.59. The molecule has 3 nitrogen and oxygen atoms in total. The summed E-state index contributed by atoms with van der Waals surface area (Å²) in [6.07, 6.45) is 4.63. The Morgan fingerprint density at radius 1 is 1.27 bits per heavy atom. The molecule has 11 heavy (non-hydrogen) atoms. The summed E-state index contributed by atoms with van der Waals surface area (Å²) in [7, 11) is 0. The van der Waals surface area contributed by atoms with Crippen LogP contribution in [0.2, 0.25) is 0 Å². The van der Waals surface area contributed by atoms with Gasteiger partial charge >= 0.3 is 0 Å². The van der Waals surface area contributed by atoms with Crippen molar-refractivity contribution in [2.24, 2.45) is 16.4 Å². The summed E-state index contributed by atoms with van der Waals surface area (Å²) < 4.78 is 5.30. The topological polar surface area (TPSA) is 47.6 Å². The number of nitrogens with zero attached hydrogens (tertiary/aromatic N) is 1. The van der Waals surface area contributed by atoms with E-state index in [0.717, 1.165) is 32.5 Å². The Hall–Kier alpha value is -0.570. The van der Waals surface area contributed by atoms with Crippen LogP contribution in [0.5, 0.6) is 0 Å². The third-order valence-electron chi connectivity index (χ3n) is 3.06. The molecule has 1 saturated carbocycles. The molecule has 1 aliphatic carbocycles. The number of rotatable bonds is 0. The molecule has 0 atom stereocenters. The molecule has 3 heteroatoms. The van der Waals surface area contributed by atoms with Crippen LogP contribution in [0.4, 0.5) is 0 Å². The van der Waals surface area contributed by atoms with Gasteiger partial charge in [0.25, 0.3) is 0 Å². The third kappa shape index (κ3) is 0.948. The number of hydrogen-bond donors (Lipinski definition) is 1. The second-order valence-corrected chi connectivity index (χ2v) is 3.47. The van der Waals surface area contributed by atoms with Gasteiger partial charge in [-0.05, 0) is 25.7 Å². The average Bonchev–Trinajstić information content (AvgIpc) is 2.05. The second-order valence-electron chi connectivity index (χ2n) is 3.47. The highest BCUT2D eigenvalue weighted by atomic mass is 16.5. The molecule has 0 bridgehead atoms. The zero-order valence-electron chi connectivity index (χ0n) is 6.68. The lowest BCUT2D eigenvalue weighted by Gasteiger charge is -2.45. The molecule has 2 N–H and O–H groups in total. The van der Waals surface area contributed by atoms with Crippen molar-refractivity contribution < 1.29 is 4.74 Å². The summed E-state index contributed by atoms with van der Waals surface area (Å²) >= 11 is 0. The van der Waals surface area contributed by atoms with Crippen LogP contribution < -0.4 is 5.84 Å². The fourth-order valence-corrected chi connectivity index (χ4v) is 2.09. The van der Waals surface area contributed by atoms with Crippen molar-refractivity contribution in [1.82, 2.24) is 0 Å². The zero-order chi connectivity index (χ0) is 7.73. The summed E-state index contributed by atoms with van der Waals surface area (Å²) in [4.78, 5) is 0. The Bertz CT molecular complexity index is 183. The van der Waals surface area contributed by atoms with E-state index < -0.39 is 0 Å². The van der Waals surface area contributed by atoms with Crippen molar-refractivity contribution in [3.63, 3.8) is 0 Å². The summed E-state index contributed by atoms with van der Waals surface area (Å²) in [6.45, 7) is 1.78. The molecule has 1 aliphatic heterocycles. The highest BCUT2D eigenvalue weighted by Gasteiger charge is 2.44. The van der Waals surface area contributed by atoms with Gasteiger partial charge in [-0.25, -0.2) is 0 Å². The molecule has 0 unspecified atom stereocenters. The molecule has 62 valence electrons. The van der Waals surface area contributed by atoms with Gasteiger partial charge in [0.05, 0.1) is 0 Å². The fourth-order valence-electron chi connectivity index (χ4n) is 2.09. The van der Waals surface area contributed by atoms with Gasteiger partial charge in [0.1, 0.15) is 0 Å². The quantitative estimate of drug-likeness (QED) is 0.416. The monoisotopic (exact) mass is 154 g/mol. The number of hydrazone groups is 1. The lowest BCUT2D eigenvalue weighted by atomic mass is 9.62. The zero-order valence-corrected chi connectivity index (χ0v) is 6.68. The summed E-state index contributed by atoms with van der Waals surface area (Å²) in [6, 6.07) is 0. The van der Waals surface area contributed by atoms with Gasteiger partial charge in [0.15, 0.2) is 0 Å². The van der Waals surface area contributed by atoms with Gasteiger partial charge in [-0.3, -0.25) is 0 Å². The van der Waals surface area contributed by atoms with E-state index in [0.29, 0.717) is 5.41 Å². The van der Waals surface area contributed by atoms with Crippen LogP contribution in [-0.4, -0.2) is 18.9 Å². The van der Waals surface area contributed by atoms with Crippen molar-refractivity contribution >= 4 is 5.71 Å². The van der Waals surface area contributed by atoms with Crippen LogP contribution >= 0.6 is 0 Å². The largest absolute Gasteiger partial charge is 0.381 e. The molecule has 1 heterocycles. The lowest BCUT2D eigenvalue weighted by molar-refractivity contribution is 0.0311. The molecule has 2 aliphatic rings. The van der Waals surface area contributed by atoms with E-state index >= 15 is 0 Å². The van der Waals surface area contributed by atoms with Crippen LogP contribution in [0, 0.1) is 5.41 Å². The maximum atomic E-state index is 5.30. The molecule has 1 spiro atoms. The minimum absolute atomic E-state index is 0.368. The highest BCUT2D eigenvalue weighted by Crippen LogP contribution is 2.45. The highest BCUT2D eigenvalue weighted by molar-refractivity contribution is 5.95. The van der Waals surface area contributed by atoms with Crippen molar-refractivity contribution in [3.05, 3.63) is 0 Å². The van der Waals surface area contributed by atoms with E-state index in [9.17, 15) is 0 Å². The van der Waals surface area contributed by atoms with Crippen LogP contribution in [-0.2, 0) is 4.74 Å². The Balaban J connectivity index is 2.09. The Morgan fingerprint density at radius 2 is 2.00 bits per heavy atom. The predicted molar refractivity (Wildman–Crippen MR) is 43.3 cm³/mol. The van der Waals surface area contributed by atoms with Crippen molar-refractivity contribution in [2.75, 3.05) is 13.2 Å². The average molecular weight is 154 g/mol. The van der Waals surface area contributed by atoms with Gasteiger partial charge in [-0.2, -0.15) is 5.10 Å². The first-order valence-electron chi connectivity index (χ1n) is 4.22. The molecular weight excluding hydrogens is 140 g/mol. The van der Waals surface area contributed by atoms with Gasteiger partial charge in [-0.1, -0.05) is 0 Å². The molecule has 0 radical (unpaired) electrons. The Labute approximate surface area is 66.6 Å². The molecule has 0 amide bonds. The first-order chi connectivity index (χ1) is 5.37. The molecular formula is C8H14N2O. The minimum Gasteiger partial charge on any atom is -0.381 e. The van der Waals surface area contributed by atoms with E-state index in [-0.39, 0.29) is 0 Å². The second kappa shape index (κ2) is 2.48. The first-order valence-corrected chi connectivity index (χ1v) is 4.22. The minimum atomic E-state index is 0.368. The lowest BCUT2D eigenvalue weighted by Crippen LogP contribution is -2.45. The van der Waals surface area contributed by atoms with Crippen LogP contribution in [0.15, 0.2) is 5.10 Å². The van der Waals surface area contributed by atoms with E-state index in [1.807, 2.05) is 0 Å². The normalized spacial score (nSPS) is 32.2. The predicted octanol–water partition coefficient (Wildman–Crippen LogP) is 0.892. The van der Waals surface area contributed by atoms with E-state index in [2.05, 4.69) is 5.10 Å². The van der Waals surface area contributed by atoms with Crippen LogP contribution in [0.25, 0.3) is 0 Å². The molecule has 0 aromatic heterocycles. The third-order valence-corrected chi connectivity index (χ3v) is 3.06. The molecule has 2 fully saturated rings. The number of nitrogens with two attached hydrogens (primary N) is 1. The van der Waals surface area contributed by atoms with Crippen LogP contribution in [0.1, 0.15) is 25.7 Å². The van der Waals surface area contributed by atoms with Gasteiger partial charge in [0.2, 0.25) is 0 Å². The van der Waals surface area contributed by atoms with Crippen molar-refractivity contribution in [2.45, 2.75) is 25.7 Å².